The molecule has 0 spiro atoms. The lowest BCUT2D eigenvalue weighted by Crippen LogP contribution is -2.45. The number of pyridine rings is 1. The molecule has 0 aliphatic heterocycles. The first-order valence-corrected chi connectivity index (χ1v) is 12.5. The van der Waals surface area contributed by atoms with Crippen LogP contribution in [-0.4, -0.2) is 39.1 Å². The summed E-state index contributed by atoms with van der Waals surface area (Å²) in [5.41, 5.74) is -1.16. The molecule has 5 rings (SSSR count). The lowest BCUT2D eigenvalue weighted by Gasteiger charge is -2.30. The first-order valence-electron chi connectivity index (χ1n) is 12.5. The molecule has 1 amide bonds. The van der Waals surface area contributed by atoms with Crippen LogP contribution in [0.1, 0.15) is 52.4 Å². The molecular formula is C28H23F3N4O5. The number of nitrogens with one attached hydrogen (secondary N) is 1. The van der Waals surface area contributed by atoms with Crippen molar-refractivity contribution in [3.63, 3.8) is 0 Å². The summed E-state index contributed by atoms with van der Waals surface area (Å²) in [7, 11) is 1.26. The van der Waals surface area contributed by atoms with E-state index in [4.69, 9.17) is 0 Å². The van der Waals surface area contributed by atoms with Crippen LogP contribution in [0.2, 0.25) is 0 Å². The first kappa shape index (κ1) is 26.9. The summed E-state index contributed by atoms with van der Waals surface area (Å²) >= 11 is 0. The Hall–Kier alpha value is -4.74. The number of benzene rings is 2. The molecule has 12 heteroatoms. The summed E-state index contributed by atoms with van der Waals surface area (Å²) in [6.07, 6.45) is 2.39. The molecule has 9 nitrogen and oxygen atoms in total. The summed E-state index contributed by atoms with van der Waals surface area (Å²) < 4.78 is 48.3. The molecule has 2 aromatic heterocycles. The minimum Gasteiger partial charge on any atom is -0.465 e. The van der Waals surface area contributed by atoms with Crippen molar-refractivity contribution in [2.75, 3.05) is 7.11 Å². The van der Waals surface area contributed by atoms with E-state index in [0.717, 1.165) is 33.5 Å². The number of nitrogens with zero attached hydrogens (tertiary/aromatic N) is 3. The third-order valence-corrected chi connectivity index (χ3v) is 7.02. The Bertz CT molecular complexity index is 1740. The van der Waals surface area contributed by atoms with E-state index in [1.165, 1.54) is 37.4 Å². The predicted octanol–water partition coefficient (Wildman–Crippen LogP) is 3.67. The van der Waals surface area contributed by atoms with Gasteiger partial charge in [-0.15, -0.1) is 0 Å². The number of amides is 1. The van der Waals surface area contributed by atoms with E-state index in [1.807, 2.05) is 0 Å². The van der Waals surface area contributed by atoms with E-state index in [9.17, 15) is 32.3 Å². The van der Waals surface area contributed by atoms with Crippen molar-refractivity contribution < 1.29 is 27.5 Å². The largest absolute Gasteiger partial charge is 0.465 e. The van der Waals surface area contributed by atoms with Gasteiger partial charge < -0.3 is 10.1 Å². The zero-order valence-corrected chi connectivity index (χ0v) is 21.2. The summed E-state index contributed by atoms with van der Waals surface area (Å²) in [5.74, 6) is -3.97. The van der Waals surface area contributed by atoms with Gasteiger partial charge in [0.05, 0.1) is 29.9 Å². The number of hydrogen-bond acceptors (Lipinski definition) is 6. The third kappa shape index (κ3) is 4.99. The van der Waals surface area contributed by atoms with Crippen molar-refractivity contribution in [1.82, 2.24) is 19.4 Å². The number of rotatable bonds is 5. The summed E-state index contributed by atoms with van der Waals surface area (Å²) in [5, 5.41) is 2.74. The number of methoxy groups -OCH3 is 1. The van der Waals surface area contributed by atoms with E-state index in [2.05, 4.69) is 15.0 Å². The molecule has 4 aromatic rings. The smallest absolute Gasteiger partial charge is 0.337 e. The Labute approximate surface area is 224 Å². The fraction of sp³-hybridized carbons (Fsp3) is 0.250. The number of carbonyl (C=O) groups excluding carboxylic acids is 2. The van der Waals surface area contributed by atoms with Crippen LogP contribution < -0.4 is 16.6 Å². The van der Waals surface area contributed by atoms with E-state index in [-0.39, 0.29) is 28.7 Å². The number of ether oxygens (including phenoxy) is 1. The molecule has 40 heavy (non-hydrogen) atoms. The minimum atomic E-state index is -1.20. The lowest BCUT2D eigenvalue weighted by molar-refractivity contribution is 0.0600. The maximum absolute atomic E-state index is 14.1. The highest BCUT2D eigenvalue weighted by Gasteiger charge is 2.28. The van der Waals surface area contributed by atoms with Crippen LogP contribution in [0.5, 0.6) is 0 Å². The van der Waals surface area contributed by atoms with Gasteiger partial charge >= 0.3 is 11.7 Å². The molecule has 0 unspecified atom stereocenters. The number of carbonyl (C=O) groups is 2. The maximum atomic E-state index is 14.1. The van der Waals surface area contributed by atoms with Crippen molar-refractivity contribution >= 4 is 22.9 Å². The zero-order valence-electron chi connectivity index (χ0n) is 21.2. The SMILES string of the molecule is COC(=O)c1ccc(C(=O)NC2CCC(n3c(=O)c4cc(F)cnc4n(-c4ccc(F)c(F)c4)c3=O)CC2)cc1. The summed E-state index contributed by atoms with van der Waals surface area (Å²) in [4.78, 5) is 55.2. The van der Waals surface area contributed by atoms with E-state index in [1.54, 1.807) is 0 Å². The maximum Gasteiger partial charge on any atom is 0.337 e. The van der Waals surface area contributed by atoms with Gasteiger partial charge in [0.2, 0.25) is 0 Å². The van der Waals surface area contributed by atoms with Crippen molar-refractivity contribution in [2.45, 2.75) is 37.8 Å². The Kier molecular flexibility index (Phi) is 7.24. The molecule has 0 atom stereocenters. The van der Waals surface area contributed by atoms with Gasteiger partial charge in [-0.3, -0.25) is 14.2 Å². The molecule has 2 aromatic carbocycles. The van der Waals surface area contributed by atoms with Gasteiger partial charge in [-0.25, -0.2) is 32.3 Å². The molecule has 1 aliphatic rings. The standard InChI is InChI=1S/C28H23F3N4O5/c1-40-27(38)16-4-2-15(3-5-16)25(36)33-18-6-8-19(9-7-18)35-26(37)21-12-17(29)14-32-24(21)34(28(35)39)20-10-11-22(30)23(31)13-20/h2-5,10-14,18-19H,6-9H2,1H3,(H,33,36). The van der Waals surface area contributed by atoms with Gasteiger partial charge in [-0.1, -0.05) is 0 Å². The number of halogens is 3. The molecule has 0 saturated heterocycles. The van der Waals surface area contributed by atoms with Crippen LogP contribution in [-0.2, 0) is 4.74 Å². The average Bonchev–Trinajstić information content (AvgIpc) is 2.96. The normalized spacial score (nSPS) is 17.0. The second kappa shape index (κ2) is 10.8. The second-order valence-corrected chi connectivity index (χ2v) is 9.46. The molecule has 2 heterocycles. The highest BCUT2D eigenvalue weighted by molar-refractivity contribution is 5.96. The predicted molar refractivity (Wildman–Crippen MR) is 138 cm³/mol. The van der Waals surface area contributed by atoms with Gasteiger partial charge in [0.25, 0.3) is 11.5 Å². The average molecular weight is 553 g/mol. The van der Waals surface area contributed by atoms with Gasteiger partial charge in [-0.2, -0.15) is 0 Å². The van der Waals surface area contributed by atoms with Crippen LogP contribution >= 0.6 is 0 Å². The topological polar surface area (TPSA) is 112 Å². The van der Waals surface area contributed by atoms with Gasteiger partial charge in [0.15, 0.2) is 17.3 Å². The number of hydrogen-bond donors (Lipinski definition) is 1. The summed E-state index contributed by atoms with van der Waals surface area (Å²) in [6, 6.07) is 8.94. The van der Waals surface area contributed by atoms with E-state index >= 15 is 0 Å². The molecule has 1 aliphatic carbocycles. The zero-order chi connectivity index (χ0) is 28.6. The quantitative estimate of drug-likeness (QED) is 0.378. The van der Waals surface area contributed by atoms with Crippen LogP contribution in [0, 0.1) is 17.5 Å². The Morgan fingerprint density at radius 2 is 1.60 bits per heavy atom. The van der Waals surface area contributed by atoms with Crippen LogP contribution in [0.25, 0.3) is 16.7 Å². The van der Waals surface area contributed by atoms with Crippen LogP contribution in [0.3, 0.4) is 0 Å². The number of esters is 1. The molecule has 206 valence electrons. The van der Waals surface area contributed by atoms with E-state index < -0.39 is 40.7 Å². The molecule has 0 bridgehead atoms. The number of aromatic nitrogens is 3. The third-order valence-electron chi connectivity index (χ3n) is 7.02. The van der Waals surface area contributed by atoms with E-state index in [0.29, 0.717) is 36.8 Å². The highest BCUT2D eigenvalue weighted by atomic mass is 19.2. The van der Waals surface area contributed by atoms with Crippen LogP contribution in [0.15, 0.2) is 64.3 Å². The highest BCUT2D eigenvalue weighted by Crippen LogP contribution is 2.28. The minimum absolute atomic E-state index is 0.0686. The van der Waals surface area contributed by atoms with Crippen molar-refractivity contribution in [2.24, 2.45) is 0 Å². The molecule has 1 fully saturated rings. The molecular weight excluding hydrogens is 529 g/mol. The van der Waals surface area contributed by atoms with Gasteiger partial charge in [-0.05, 0) is 68.1 Å². The Morgan fingerprint density at radius 3 is 2.25 bits per heavy atom. The monoisotopic (exact) mass is 552 g/mol. The molecule has 0 radical (unpaired) electrons. The molecule has 1 saturated carbocycles. The Morgan fingerprint density at radius 1 is 0.925 bits per heavy atom. The summed E-state index contributed by atoms with van der Waals surface area (Å²) in [6.45, 7) is 0. The van der Waals surface area contributed by atoms with Crippen molar-refractivity contribution in [1.29, 1.82) is 0 Å². The fourth-order valence-corrected chi connectivity index (χ4v) is 4.98. The van der Waals surface area contributed by atoms with Crippen LogP contribution in [0.4, 0.5) is 13.2 Å². The Balaban J connectivity index is 1.41. The number of fused-ring (bicyclic) bond motifs is 1. The first-order chi connectivity index (χ1) is 19.2. The lowest BCUT2D eigenvalue weighted by atomic mass is 9.90. The van der Waals surface area contributed by atoms with Crippen molar-refractivity contribution in [3.8, 4) is 5.69 Å². The molecule has 1 N–H and O–H groups in total. The van der Waals surface area contributed by atoms with Crippen molar-refractivity contribution in [3.05, 3.63) is 104 Å². The second-order valence-electron chi connectivity index (χ2n) is 9.46. The fourth-order valence-electron chi connectivity index (χ4n) is 4.98. The van der Waals surface area contributed by atoms with Gasteiger partial charge in [0.1, 0.15) is 5.82 Å². The van der Waals surface area contributed by atoms with Gasteiger partial charge in [0, 0.05) is 23.7 Å².